The molecule has 0 atom stereocenters. The number of anilines is 1. The molecule has 6 heteroatoms. The van der Waals surface area contributed by atoms with Gasteiger partial charge in [-0.2, -0.15) is 0 Å². The van der Waals surface area contributed by atoms with E-state index in [1.807, 2.05) is 0 Å². The van der Waals surface area contributed by atoms with Gasteiger partial charge in [0.15, 0.2) is 9.84 Å². The minimum Gasteiger partial charge on any atom is -0.341 e. The lowest BCUT2D eigenvalue weighted by Crippen LogP contribution is -2.24. The molecular weight excluding hydrogens is 240 g/mol. The molecule has 0 unspecified atom stereocenters. The molecule has 0 radical (unpaired) electrons. The number of carbonyl (C=O) groups excluding carboxylic acids is 1. The molecule has 2 N–H and O–H groups in total. The van der Waals surface area contributed by atoms with Crippen molar-refractivity contribution < 1.29 is 13.2 Å². The van der Waals surface area contributed by atoms with Crippen LogP contribution in [0.3, 0.4) is 0 Å². The number of sulfone groups is 1. The summed E-state index contributed by atoms with van der Waals surface area (Å²) >= 11 is 0. The van der Waals surface area contributed by atoms with Gasteiger partial charge in [0.2, 0.25) is 0 Å². The zero-order valence-corrected chi connectivity index (χ0v) is 10.3. The standard InChI is InChI=1S/C11H14N2O3S/c1-12-11(14)13-8-2-4-9(5-3-8)17(15,16)10-6-7-10/h2-5,10H,6-7H2,1H3,(H2,12,13,14). The minimum atomic E-state index is -3.14. The van der Waals surface area contributed by atoms with Gasteiger partial charge in [-0.1, -0.05) is 0 Å². The van der Waals surface area contributed by atoms with Crippen molar-refractivity contribution in [1.82, 2.24) is 5.32 Å². The van der Waals surface area contributed by atoms with Gasteiger partial charge < -0.3 is 10.6 Å². The largest absolute Gasteiger partial charge is 0.341 e. The number of rotatable bonds is 3. The second-order valence-corrected chi connectivity index (χ2v) is 6.20. The lowest BCUT2D eigenvalue weighted by Gasteiger charge is -2.06. The van der Waals surface area contributed by atoms with Gasteiger partial charge in [-0.05, 0) is 37.1 Å². The molecule has 92 valence electrons. The average Bonchev–Trinajstić information content (AvgIpc) is 3.13. The molecule has 2 rings (SSSR count). The van der Waals surface area contributed by atoms with E-state index in [0.717, 1.165) is 12.8 Å². The Bertz CT molecular complexity index is 518. The highest BCUT2D eigenvalue weighted by Gasteiger charge is 2.36. The number of hydrogen-bond acceptors (Lipinski definition) is 3. The molecule has 5 nitrogen and oxygen atoms in total. The summed E-state index contributed by atoms with van der Waals surface area (Å²) in [6.07, 6.45) is 1.50. The first-order valence-corrected chi connectivity index (χ1v) is 6.91. The Morgan fingerprint density at radius 3 is 2.29 bits per heavy atom. The van der Waals surface area contributed by atoms with Crippen LogP contribution in [0.4, 0.5) is 10.5 Å². The molecule has 1 saturated carbocycles. The van der Waals surface area contributed by atoms with Gasteiger partial charge in [0, 0.05) is 12.7 Å². The van der Waals surface area contributed by atoms with Crippen molar-refractivity contribution in [2.75, 3.05) is 12.4 Å². The Hall–Kier alpha value is -1.56. The van der Waals surface area contributed by atoms with Crippen LogP contribution >= 0.6 is 0 Å². The van der Waals surface area contributed by atoms with E-state index >= 15 is 0 Å². The van der Waals surface area contributed by atoms with E-state index in [2.05, 4.69) is 10.6 Å². The maximum atomic E-state index is 11.9. The van der Waals surface area contributed by atoms with Crippen LogP contribution in [-0.2, 0) is 9.84 Å². The third kappa shape index (κ3) is 2.58. The van der Waals surface area contributed by atoms with E-state index in [0.29, 0.717) is 10.6 Å². The van der Waals surface area contributed by atoms with Crippen LogP contribution in [0.2, 0.25) is 0 Å². The second-order valence-electron chi connectivity index (χ2n) is 3.97. The second kappa shape index (κ2) is 4.37. The molecule has 1 aliphatic rings. The normalized spacial score (nSPS) is 15.4. The first-order chi connectivity index (χ1) is 8.04. The van der Waals surface area contributed by atoms with Crippen molar-refractivity contribution in [3.63, 3.8) is 0 Å². The van der Waals surface area contributed by atoms with Gasteiger partial charge in [-0.3, -0.25) is 0 Å². The van der Waals surface area contributed by atoms with Gasteiger partial charge >= 0.3 is 6.03 Å². The topological polar surface area (TPSA) is 75.3 Å². The van der Waals surface area contributed by atoms with Crippen LogP contribution in [0.1, 0.15) is 12.8 Å². The Morgan fingerprint density at radius 2 is 1.82 bits per heavy atom. The van der Waals surface area contributed by atoms with Gasteiger partial charge in [-0.25, -0.2) is 13.2 Å². The summed E-state index contributed by atoms with van der Waals surface area (Å²) in [4.78, 5) is 11.4. The number of hydrogen-bond donors (Lipinski definition) is 2. The molecule has 1 aromatic rings. The SMILES string of the molecule is CNC(=O)Nc1ccc(S(=O)(=O)C2CC2)cc1. The van der Waals surface area contributed by atoms with E-state index < -0.39 is 9.84 Å². The molecule has 0 spiro atoms. The number of urea groups is 1. The summed E-state index contributed by atoms with van der Waals surface area (Å²) in [5, 5.41) is 4.78. The number of nitrogens with one attached hydrogen (secondary N) is 2. The highest BCUT2D eigenvalue weighted by atomic mass is 32.2. The summed E-state index contributed by atoms with van der Waals surface area (Å²) in [5.41, 5.74) is 0.569. The third-order valence-corrected chi connectivity index (χ3v) is 4.91. The van der Waals surface area contributed by atoms with Gasteiger partial charge in [0.1, 0.15) is 0 Å². The first-order valence-electron chi connectivity index (χ1n) is 5.37. The number of amides is 2. The van der Waals surface area contributed by atoms with Gasteiger partial charge in [-0.15, -0.1) is 0 Å². The third-order valence-electron chi connectivity index (χ3n) is 2.63. The Balaban J connectivity index is 2.15. The minimum absolute atomic E-state index is 0.208. The summed E-state index contributed by atoms with van der Waals surface area (Å²) in [6.45, 7) is 0. The fourth-order valence-electron chi connectivity index (χ4n) is 1.49. The van der Waals surface area contributed by atoms with Crippen LogP contribution < -0.4 is 10.6 Å². The zero-order valence-electron chi connectivity index (χ0n) is 9.43. The number of carbonyl (C=O) groups is 1. The summed E-state index contributed by atoms with van der Waals surface area (Å²) in [6, 6.07) is 5.90. The lowest BCUT2D eigenvalue weighted by atomic mass is 10.3. The predicted molar refractivity (Wildman–Crippen MR) is 64.7 cm³/mol. The molecule has 17 heavy (non-hydrogen) atoms. The molecule has 0 saturated heterocycles. The van der Waals surface area contributed by atoms with Gasteiger partial charge in [0.05, 0.1) is 10.1 Å². The van der Waals surface area contributed by atoms with Crippen molar-refractivity contribution in [2.45, 2.75) is 23.0 Å². The monoisotopic (exact) mass is 254 g/mol. The lowest BCUT2D eigenvalue weighted by molar-refractivity contribution is 0.254. The fraction of sp³-hybridized carbons (Fsp3) is 0.364. The van der Waals surface area contributed by atoms with Gasteiger partial charge in [0.25, 0.3) is 0 Å². The molecule has 2 amide bonds. The summed E-state index contributed by atoms with van der Waals surface area (Å²) < 4.78 is 23.8. The summed E-state index contributed by atoms with van der Waals surface area (Å²) in [5.74, 6) is 0. The Labute approximate surface area is 100 Å². The highest BCUT2D eigenvalue weighted by Crippen LogP contribution is 2.33. The maximum Gasteiger partial charge on any atom is 0.318 e. The van der Waals surface area contributed by atoms with E-state index in [4.69, 9.17) is 0 Å². The van der Waals surface area contributed by atoms with Crippen LogP contribution in [0, 0.1) is 0 Å². The molecule has 1 aromatic carbocycles. The van der Waals surface area contributed by atoms with Crippen LogP contribution in [-0.4, -0.2) is 26.7 Å². The highest BCUT2D eigenvalue weighted by molar-refractivity contribution is 7.92. The predicted octanol–water partition coefficient (Wildman–Crippen LogP) is 1.37. The van der Waals surface area contributed by atoms with Crippen LogP contribution in [0.5, 0.6) is 0 Å². The first kappa shape index (κ1) is 11.9. The maximum absolute atomic E-state index is 11.9. The van der Waals surface area contributed by atoms with Crippen LogP contribution in [0.15, 0.2) is 29.2 Å². The van der Waals surface area contributed by atoms with E-state index in [1.165, 1.54) is 19.2 Å². The average molecular weight is 254 g/mol. The Kier molecular flexibility index (Phi) is 3.06. The molecule has 0 aromatic heterocycles. The fourth-order valence-corrected chi connectivity index (χ4v) is 3.15. The summed E-state index contributed by atoms with van der Waals surface area (Å²) in [7, 11) is -1.63. The van der Waals surface area contributed by atoms with Crippen molar-refractivity contribution in [3.8, 4) is 0 Å². The Morgan fingerprint density at radius 1 is 1.24 bits per heavy atom. The van der Waals surface area contributed by atoms with Crippen molar-refractivity contribution in [2.24, 2.45) is 0 Å². The van der Waals surface area contributed by atoms with Crippen molar-refractivity contribution >= 4 is 21.6 Å². The molecule has 1 fully saturated rings. The van der Waals surface area contributed by atoms with E-state index in [9.17, 15) is 13.2 Å². The van der Waals surface area contributed by atoms with E-state index in [1.54, 1.807) is 12.1 Å². The van der Waals surface area contributed by atoms with E-state index in [-0.39, 0.29) is 11.3 Å². The smallest absolute Gasteiger partial charge is 0.318 e. The molecule has 0 aliphatic heterocycles. The quantitative estimate of drug-likeness (QED) is 0.855. The molecule has 1 aliphatic carbocycles. The zero-order chi connectivity index (χ0) is 12.5. The molecule has 0 heterocycles. The number of benzene rings is 1. The molecule has 0 bridgehead atoms. The molecular formula is C11H14N2O3S. The van der Waals surface area contributed by atoms with Crippen molar-refractivity contribution in [1.29, 1.82) is 0 Å². The van der Waals surface area contributed by atoms with Crippen molar-refractivity contribution in [3.05, 3.63) is 24.3 Å². The van der Waals surface area contributed by atoms with Crippen LogP contribution in [0.25, 0.3) is 0 Å².